The van der Waals surface area contributed by atoms with Gasteiger partial charge in [-0.3, -0.25) is 0 Å². The minimum atomic E-state index is 0. The number of unbranched alkanes of at least 4 members (excludes halogenated alkanes) is 6. The van der Waals surface area contributed by atoms with Gasteiger partial charge in [0, 0.05) is 7.11 Å². The van der Waals surface area contributed by atoms with E-state index in [-0.39, 0.29) is 14.9 Å². The molecule has 22 heavy (non-hydrogen) atoms. The van der Waals surface area contributed by atoms with Crippen molar-refractivity contribution < 1.29 is 9.47 Å². The van der Waals surface area contributed by atoms with E-state index in [0.717, 1.165) is 5.75 Å². The topological polar surface area (TPSA) is 18.5 Å². The fourth-order valence-corrected chi connectivity index (χ4v) is 2.28. The fraction of sp³-hybridized carbons (Fsp3) is 0.700. The smallest absolute Gasteiger partial charge is 0.119 e. The van der Waals surface area contributed by atoms with Crippen LogP contribution in [0.25, 0.3) is 0 Å². The van der Waals surface area contributed by atoms with Crippen molar-refractivity contribution in [3.8, 4) is 5.75 Å². The minimum absolute atomic E-state index is 0. The predicted molar refractivity (Wildman–Crippen MR) is 99.0 cm³/mol. The third-order valence-electron chi connectivity index (χ3n) is 3.55. The first-order valence-corrected chi connectivity index (χ1v) is 8.07. The van der Waals surface area contributed by atoms with Crippen LogP contribution in [0.2, 0.25) is 0 Å². The van der Waals surface area contributed by atoms with E-state index in [1.54, 1.807) is 7.11 Å². The van der Waals surface area contributed by atoms with Crippen LogP contribution in [0.1, 0.15) is 72.3 Å². The Kier molecular flexibility index (Phi) is 17.3. The summed E-state index contributed by atoms with van der Waals surface area (Å²) in [5.41, 5.74) is 1.41. The molecule has 1 rings (SSSR count). The lowest BCUT2D eigenvalue weighted by atomic mass is 10.0. The zero-order valence-electron chi connectivity index (χ0n) is 13.2. The van der Waals surface area contributed by atoms with Crippen molar-refractivity contribution in [3.05, 3.63) is 29.8 Å². The van der Waals surface area contributed by atoms with E-state index >= 15 is 0 Å². The molecule has 2 nitrogen and oxygen atoms in total. The Hall–Kier alpha value is -1.02. The molecule has 0 heterocycles. The van der Waals surface area contributed by atoms with Crippen LogP contribution in [0.15, 0.2) is 24.3 Å². The average molecular weight is 311 g/mol. The first kappa shape index (κ1) is 23.2. The molecule has 0 aromatic heterocycles. The molecule has 1 aromatic rings. The summed E-state index contributed by atoms with van der Waals surface area (Å²) >= 11 is 0. The normalized spacial score (nSPS) is 9.73. The molecule has 0 saturated heterocycles. The van der Waals surface area contributed by atoms with Crippen molar-refractivity contribution in [1.29, 1.82) is 0 Å². The standard InChI is InChI=1S/C18H30O2.2CH4/c1-3-4-5-6-7-8-9-10-17-11-13-18(14-12-17)20-16-15-19-2;;/h11-14H,3-10,15-16H2,1-2H3;2*1H4. The first-order chi connectivity index (χ1) is 9.86. The Morgan fingerprint density at radius 3 is 1.95 bits per heavy atom. The third-order valence-corrected chi connectivity index (χ3v) is 3.55. The summed E-state index contributed by atoms with van der Waals surface area (Å²) in [4.78, 5) is 0. The van der Waals surface area contributed by atoms with E-state index in [9.17, 15) is 0 Å². The summed E-state index contributed by atoms with van der Waals surface area (Å²) in [5, 5.41) is 0. The van der Waals surface area contributed by atoms with Gasteiger partial charge in [-0.15, -0.1) is 0 Å². The van der Waals surface area contributed by atoms with Gasteiger partial charge in [-0.1, -0.05) is 72.4 Å². The molecular formula is C20H38O2. The summed E-state index contributed by atoms with van der Waals surface area (Å²) < 4.78 is 10.5. The van der Waals surface area contributed by atoms with Crippen molar-refractivity contribution in [1.82, 2.24) is 0 Å². The van der Waals surface area contributed by atoms with Gasteiger partial charge in [0.15, 0.2) is 0 Å². The Labute approximate surface area is 139 Å². The van der Waals surface area contributed by atoms with Crippen molar-refractivity contribution >= 4 is 0 Å². The van der Waals surface area contributed by atoms with Crippen molar-refractivity contribution in [2.24, 2.45) is 0 Å². The maximum Gasteiger partial charge on any atom is 0.119 e. The van der Waals surface area contributed by atoms with Crippen LogP contribution in [0.4, 0.5) is 0 Å². The lowest BCUT2D eigenvalue weighted by Crippen LogP contribution is -2.04. The van der Waals surface area contributed by atoms with Gasteiger partial charge in [-0.05, 0) is 30.5 Å². The molecule has 0 atom stereocenters. The molecule has 0 N–H and O–H groups in total. The molecule has 0 amide bonds. The number of hydrogen-bond donors (Lipinski definition) is 0. The SMILES string of the molecule is C.C.CCCCCCCCCc1ccc(OCCOC)cc1. The summed E-state index contributed by atoms with van der Waals surface area (Å²) in [6.45, 7) is 3.52. The van der Waals surface area contributed by atoms with Crippen LogP contribution in [0, 0.1) is 0 Å². The van der Waals surface area contributed by atoms with E-state index in [0.29, 0.717) is 13.2 Å². The fourth-order valence-electron chi connectivity index (χ4n) is 2.28. The van der Waals surface area contributed by atoms with Crippen LogP contribution >= 0.6 is 0 Å². The second-order valence-electron chi connectivity index (χ2n) is 5.36. The van der Waals surface area contributed by atoms with Gasteiger partial charge in [0.2, 0.25) is 0 Å². The Morgan fingerprint density at radius 2 is 1.36 bits per heavy atom. The van der Waals surface area contributed by atoms with E-state index in [1.165, 1.54) is 56.9 Å². The van der Waals surface area contributed by atoms with E-state index in [4.69, 9.17) is 9.47 Å². The Bertz CT molecular complexity index is 319. The number of methoxy groups -OCH3 is 1. The van der Waals surface area contributed by atoms with Crippen LogP contribution in [0.5, 0.6) is 5.75 Å². The van der Waals surface area contributed by atoms with Gasteiger partial charge >= 0.3 is 0 Å². The summed E-state index contributed by atoms with van der Waals surface area (Å²) in [5.74, 6) is 0.936. The van der Waals surface area contributed by atoms with E-state index < -0.39 is 0 Å². The molecule has 0 spiro atoms. The molecule has 1 aromatic carbocycles. The van der Waals surface area contributed by atoms with Gasteiger partial charge in [-0.25, -0.2) is 0 Å². The molecule has 0 unspecified atom stereocenters. The molecule has 0 bridgehead atoms. The Morgan fingerprint density at radius 1 is 0.773 bits per heavy atom. The largest absolute Gasteiger partial charge is 0.491 e. The molecule has 0 aliphatic rings. The van der Waals surface area contributed by atoms with Crippen molar-refractivity contribution in [2.45, 2.75) is 73.1 Å². The van der Waals surface area contributed by atoms with Crippen LogP contribution in [-0.2, 0) is 11.2 Å². The molecule has 0 aliphatic heterocycles. The molecular weight excluding hydrogens is 272 g/mol. The van der Waals surface area contributed by atoms with Crippen molar-refractivity contribution in [2.75, 3.05) is 20.3 Å². The minimum Gasteiger partial charge on any atom is -0.491 e. The number of rotatable bonds is 12. The second kappa shape index (κ2) is 16.4. The van der Waals surface area contributed by atoms with Crippen LogP contribution < -0.4 is 4.74 Å². The highest BCUT2D eigenvalue weighted by Gasteiger charge is 1.97. The summed E-state index contributed by atoms with van der Waals surface area (Å²) in [6, 6.07) is 8.48. The number of benzene rings is 1. The zero-order valence-corrected chi connectivity index (χ0v) is 13.2. The molecule has 2 heteroatoms. The van der Waals surface area contributed by atoms with Gasteiger partial charge < -0.3 is 9.47 Å². The van der Waals surface area contributed by atoms with Gasteiger partial charge in [0.25, 0.3) is 0 Å². The zero-order chi connectivity index (χ0) is 14.5. The third kappa shape index (κ3) is 11.6. The summed E-state index contributed by atoms with van der Waals surface area (Å²) in [7, 11) is 1.69. The molecule has 130 valence electrons. The Balaban J connectivity index is 0. The highest BCUT2D eigenvalue weighted by atomic mass is 16.5. The van der Waals surface area contributed by atoms with Gasteiger partial charge in [0.1, 0.15) is 12.4 Å². The van der Waals surface area contributed by atoms with E-state index in [2.05, 4.69) is 31.2 Å². The maximum absolute atomic E-state index is 5.56. The van der Waals surface area contributed by atoms with Gasteiger partial charge in [0.05, 0.1) is 6.61 Å². The first-order valence-electron chi connectivity index (χ1n) is 8.07. The molecule has 0 aliphatic carbocycles. The van der Waals surface area contributed by atoms with Crippen molar-refractivity contribution in [3.63, 3.8) is 0 Å². The number of ether oxygens (including phenoxy) is 2. The molecule has 0 fully saturated rings. The highest BCUT2D eigenvalue weighted by molar-refractivity contribution is 5.27. The second-order valence-corrected chi connectivity index (χ2v) is 5.36. The molecule has 0 radical (unpaired) electrons. The van der Waals surface area contributed by atoms with Crippen LogP contribution in [0.3, 0.4) is 0 Å². The predicted octanol–water partition coefficient (Wildman–Crippen LogP) is 6.28. The van der Waals surface area contributed by atoms with E-state index in [1.807, 2.05) is 0 Å². The number of hydrogen-bond acceptors (Lipinski definition) is 2. The lowest BCUT2D eigenvalue weighted by molar-refractivity contribution is 0.146. The summed E-state index contributed by atoms with van der Waals surface area (Å²) in [6.07, 6.45) is 10.8. The highest BCUT2D eigenvalue weighted by Crippen LogP contribution is 2.15. The monoisotopic (exact) mass is 310 g/mol. The average Bonchev–Trinajstić information content (AvgIpc) is 2.48. The quantitative estimate of drug-likeness (QED) is 0.423. The molecule has 0 saturated carbocycles. The number of aryl methyl sites for hydroxylation is 1. The van der Waals surface area contributed by atoms with Crippen LogP contribution in [-0.4, -0.2) is 20.3 Å². The maximum atomic E-state index is 5.56. The lowest BCUT2D eigenvalue weighted by Gasteiger charge is -2.07. The van der Waals surface area contributed by atoms with Gasteiger partial charge in [-0.2, -0.15) is 0 Å².